The van der Waals surface area contributed by atoms with Crippen LogP contribution in [0.2, 0.25) is 0 Å². The molecule has 0 amide bonds. The lowest BCUT2D eigenvalue weighted by atomic mass is 9.72. The minimum Gasteiger partial charge on any atom is -0.303 e. The van der Waals surface area contributed by atoms with Gasteiger partial charge in [0.15, 0.2) is 12.1 Å². The highest BCUT2D eigenvalue weighted by molar-refractivity contribution is 6.25. The zero-order valence-corrected chi connectivity index (χ0v) is 7.62. The maximum atomic E-state index is 10.9. The van der Waals surface area contributed by atoms with Gasteiger partial charge >= 0.3 is 0 Å². The van der Waals surface area contributed by atoms with Crippen molar-refractivity contribution in [3.05, 3.63) is 0 Å². The minimum absolute atomic E-state index is 0.111. The van der Waals surface area contributed by atoms with Crippen LogP contribution in [-0.2, 0) is 14.4 Å². The van der Waals surface area contributed by atoms with E-state index in [1.165, 1.54) is 0 Å². The van der Waals surface area contributed by atoms with Crippen molar-refractivity contribution in [3.8, 4) is 0 Å². The van der Waals surface area contributed by atoms with Crippen molar-refractivity contribution in [2.75, 3.05) is 0 Å². The Labute approximate surface area is 77.5 Å². The van der Waals surface area contributed by atoms with Gasteiger partial charge in [-0.1, -0.05) is 19.3 Å². The molecule has 0 unspecified atom stereocenters. The molecule has 72 valence electrons. The highest BCUT2D eigenvalue weighted by Crippen LogP contribution is 2.37. The van der Waals surface area contributed by atoms with Crippen molar-refractivity contribution >= 4 is 18.4 Å². The Morgan fingerprint density at radius 1 is 1.15 bits per heavy atom. The number of carbonyl (C=O) groups is 3. The molecule has 0 radical (unpaired) electrons. The van der Waals surface area contributed by atoms with Crippen LogP contribution in [-0.4, -0.2) is 18.4 Å². The second kappa shape index (κ2) is 4.30. The van der Waals surface area contributed by atoms with Gasteiger partial charge in [0, 0.05) is 11.8 Å². The summed E-state index contributed by atoms with van der Waals surface area (Å²) in [6, 6.07) is 0. The van der Waals surface area contributed by atoms with Gasteiger partial charge in [-0.3, -0.25) is 9.59 Å². The van der Waals surface area contributed by atoms with E-state index in [0.717, 1.165) is 38.4 Å². The van der Waals surface area contributed by atoms with E-state index in [1.807, 2.05) is 0 Å². The normalized spacial score (nSPS) is 20.6. The van der Waals surface area contributed by atoms with Crippen LogP contribution >= 0.6 is 0 Å². The molecule has 0 N–H and O–H groups in total. The molecule has 1 aliphatic carbocycles. The predicted octanol–water partition coefficient (Wildman–Crippen LogP) is 1.29. The fraction of sp³-hybridized carbons (Fsp3) is 0.700. The summed E-state index contributed by atoms with van der Waals surface area (Å²) >= 11 is 0. The van der Waals surface area contributed by atoms with Gasteiger partial charge in [0.05, 0.1) is 0 Å². The maximum absolute atomic E-state index is 10.9. The molecule has 3 heteroatoms. The summed E-state index contributed by atoms with van der Waals surface area (Å²) < 4.78 is 0. The topological polar surface area (TPSA) is 51.2 Å². The predicted molar refractivity (Wildman–Crippen MR) is 47.3 cm³/mol. The molecule has 3 nitrogen and oxygen atoms in total. The molecule has 1 rings (SSSR count). The summed E-state index contributed by atoms with van der Waals surface area (Å²) in [4.78, 5) is 32.0. The van der Waals surface area contributed by atoms with Crippen molar-refractivity contribution in [2.24, 2.45) is 5.41 Å². The van der Waals surface area contributed by atoms with Gasteiger partial charge in [-0.2, -0.15) is 0 Å². The molecule has 0 aromatic carbocycles. The average molecular weight is 182 g/mol. The largest absolute Gasteiger partial charge is 0.303 e. The van der Waals surface area contributed by atoms with E-state index in [0.29, 0.717) is 6.29 Å². The van der Waals surface area contributed by atoms with Crippen LogP contribution in [0.3, 0.4) is 0 Å². The monoisotopic (exact) mass is 182 g/mol. The van der Waals surface area contributed by atoms with Crippen LogP contribution in [0.1, 0.15) is 38.5 Å². The first-order chi connectivity index (χ1) is 6.22. The molecule has 0 bridgehead atoms. The fourth-order valence-corrected chi connectivity index (χ4v) is 1.98. The lowest BCUT2D eigenvalue weighted by molar-refractivity contribution is -0.134. The summed E-state index contributed by atoms with van der Waals surface area (Å²) in [6.07, 6.45) is 5.93. The van der Waals surface area contributed by atoms with Crippen molar-refractivity contribution in [1.29, 1.82) is 0 Å². The molecule has 1 fully saturated rings. The molecule has 1 aliphatic rings. The lowest BCUT2D eigenvalue weighted by Crippen LogP contribution is -2.29. The smallest absolute Gasteiger partial charge is 0.196 e. The molecule has 0 heterocycles. The van der Waals surface area contributed by atoms with Crippen LogP contribution in [0.5, 0.6) is 0 Å². The van der Waals surface area contributed by atoms with Gasteiger partial charge in [0.1, 0.15) is 6.29 Å². The molecule has 13 heavy (non-hydrogen) atoms. The molecular formula is C10H14O3. The zero-order chi connectivity index (χ0) is 9.73. The molecular weight excluding hydrogens is 168 g/mol. The molecule has 0 aliphatic heterocycles. The Kier molecular flexibility index (Phi) is 3.34. The van der Waals surface area contributed by atoms with E-state index < -0.39 is 11.2 Å². The Hall–Kier alpha value is -0.990. The average Bonchev–Trinajstić information content (AvgIpc) is 2.19. The number of Topliss-reactive ketones (excluding diaryl/α,β-unsaturated/α-hetero) is 1. The maximum Gasteiger partial charge on any atom is 0.196 e. The Balaban J connectivity index is 2.62. The molecule has 1 saturated carbocycles. The number of carbonyl (C=O) groups excluding carboxylic acids is 3. The highest BCUT2D eigenvalue weighted by atomic mass is 16.2. The Bertz CT molecular complexity index is 214. The third-order valence-corrected chi connectivity index (χ3v) is 2.76. The summed E-state index contributed by atoms with van der Waals surface area (Å²) in [6.45, 7) is 0. The van der Waals surface area contributed by atoms with Gasteiger partial charge in [-0.15, -0.1) is 0 Å². The van der Waals surface area contributed by atoms with E-state index in [-0.39, 0.29) is 6.42 Å². The third kappa shape index (κ3) is 2.47. The Morgan fingerprint density at radius 2 is 1.77 bits per heavy atom. The quantitative estimate of drug-likeness (QED) is 0.486. The van der Waals surface area contributed by atoms with Crippen molar-refractivity contribution < 1.29 is 14.4 Å². The molecule has 0 aromatic rings. The van der Waals surface area contributed by atoms with E-state index in [4.69, 9.17) is 0 Å². The van der Waals surface area contributed by atoms with E-state index in [2.05, 4.69) is 0 Å². The molecule has 0 atom stereocenters. The first kappa shape index (κ1) is 10.1. The Morgan fingerprint density at radius 3 is 2.23 bits per heavy atom. The first-order valence-electron chi connectivity index (χ1n) is 4.67. The fourth-order valence-electron chi connectivity index (χ4n) is 1.98. The van der Waals surface area contributed by atoms with E-state index >= 15 is 0 Å². The van der Waals surface area contributed by atoms with Crippen LogP contribution in [0.15, 0.2) is 0 Å². The van der Waals surface area contributed by atoms with Crippen molar-refractivity contribution in [2.45, 2.75) is 38.5 Å². The molecule has 0 spiro atoms. The van der Waals surface area contributed by atoms with Crippen molar-refractivity contribution in [3.63, 3.8) is 0 Å². The van der Waals surface area contributed by atoms with E-state index in [9.17, 15) is 14.4 Å². The van der Waals surface area contributed by atoms with Crippen LogP contribution in [0.4, 0.5) is 0 Å². The molecule has 0 aromatic heterocycles. The SMILES string of the molecule is O=CC(=O)CC1(C=O)CCCCC1. The number of ketones is 1. The summed E-state index contributed by atoms with van der Waals surface area (Å²) in [5.74, 6) is -0.450. The zero-order valence-electron chi connectivity index (χ0n) is 7.62. The minimum atomic E-state index is -0.518. The summed E-state index contributed by atoms with van der Waals surface area (Å²) in [7, 11) is 0. The van der Waals surface area contributed by atoms with Gasteiger partial charge in [-0.05, 0) is 12.8 Å². The van der Waals surface area contributed by atoms with Crippen LogP contribution < -0.4 is 0 Å². The van der Waals surface area contributed by atoms with Gasteiger partial charge in [-0.25, -0.2) is 0 Å². The van der Waals surface area contributed by atoms with Gasteiger partial charge < -0.3 is 4.79 Å². The number of rotatable bonds is 4. The van der Waals surface area contributed by atoms with Crippen molar-refractivity contribution in [1.82, 2.24) is 0 Å². The van der Waals surface area contributed by atoms with Crippen LogP contribution in [0.25, 0.3) is 0 Å². The number of hydrogen-bond donors (Lipinski definition) is 0. The summed E-state index contributed by atoms with van der Waals surface area (Å²) in [5, 5.41) is 0. The van der Waals surface area contributed by atoms with Crippen LogP contribution in [0, 0.1) is 5.41 Å². The summed E-state index contributed by atoms with van der Waals surface area (Å²) in [5.41, 5.74) is -0.518. The number of aldehydes is 2. The second-order valence-electron chi connectivity index (χ2n) is 3.80. The molecule has 0 saturated heterocycles. The highest BCUT2D eigenvalue weighted by Gasteiger charge is 2.33. The first-order valence-corrected chi connectivity index (χ1v) is 4.67. The van der Waals surface area contributed by atoms with Gasteiger partial charge in [0.25, 0.3) is 0 Å². The van der Waals surface area contributed by atoms with Gasteiger partial charge in [0.2, 0.25) is 0 Å². The second-order valence-corrected chi connectivity index (χ2v) is 3.80. The lowest BCUT2D eigenvalue weighted by Gasteiger charge is -2.30. The third-order valence-electron chi connectivity index (χ3n) is 2.76. The number of hydrogen-bond acceptors (Lipinski definition) is 3. The standard InChI is InChI=1S/C10H14O3/c11-7-9(13)6-10(8-12)4-2-1-3-5-10/h7-8H,1-6H2. The van der Waals surface area contributed by atoms with E-state index in [1.54, 1.807) is 0 Å².